The van der Waals surface area contributed by atoms with Crippen LogP contribution >= 0.6 is 0 Å². The Hall–Kier alpha value is -2.82. The number of phenols is 1. The van der Waals surface area contributed by atoms with Crippen LogP contribution < -0.4 is 5.43 Å². The first kappa shape index (κ1) is 15.2. The quantitative estimate of drug-likeness (QED) is 0.253. The van der Waals surface area contributed by atoms with Crippen LogP contribution in [0.25, 0.3) is 0 Å². The Bertz CT molecular complexity index is 587. The summed E-state index contributed by atoms with van der Waals surface area (Å²) < 4.78 is 0. The second-order valence-electron chi connectivity index (χ2n) is 3.75. The number of hydrazone groups is 1. The largest absolute Gasteiger partial charge is 0.507 e. The minimum atomic E-state index is -0.560. The molecule has 0 fully saturated rings. The number of phenolic OH excluding ortho intramolecular Hbond substituents is 1. The number of aliphatic hydroxyl groups excluding tert-OH is 1. The number of carbonyl (C=O) groups is 1. The Morgan fingerprint density at radius 2 is 2.10 bits per heavy atom. The van der Waals surface area contributed by atoms with Crippen LogP contribution in [0, 0.1) is 0 Å². The average molecular weight is 272 g/mol. The highest BCUT2D eigenvalue weighted by molar-refractivity contribution is 5.97. The maximum atomic E-state index is 11.8. The molecule has 5 heteroatoms. The molecule has 0 heterocycles. The summed E-state index contributed by atoms with van der Waals surface area (Å²) in [5, 5.41) is 22.8. The maximum Gasteiger partial charge on any atom is 0.274 e. The van der Waals surface area contributed by atoms with E-state index in [1.165, 1.54) is 30.5 Å². The van der Waals surface area contributed by atoms with Gasteiger partial charge >= 0.3 is 0 Å². The third-order valence-corrected chi connectivity index (χ3v) is 2.39. The third-order valence-electron chi connectivity index (χ3n) is 2.39. The number of aromatic hydroxyl groups is 1. The van der Waals surface area contributed by atoms with E-state index in [1.807, 2.05) is 0 Å². The second-order valence-corrected chi connectivity index (χ2v) is 3.75. The lowest BCUT2D eigenvalue weighted by Gasteiger charge is -2.04. The number of para-hydroxylation sites is 1. The van der Waals surface area contributed by atoms with Crippen LogP contribution in [0.3, 0.4) is 0 Å². The summed E-state index contributed by atoms with van der Waals surface area (Å²) in [4.78, 5) is 11.8. The van der Waals surface area contributed by atoms with Crippen molar-refractivity contribution in [2.24, 2.45) is 5.10 Å². The number of rotatable bonds is 5. The normalized spacial score (nSPS) is 12.4. The molecule has 0 aromatic heterocycles. The highest BCUT2D eigenvalue weighted by Crippen LogP contribution is 2.12. The van der Waals surface area contributed by atoms with Gasteiger partial charge in [0.1, 0.15) is 11.5 Å². The van der Waals surface area contributed by atoms with Crippen LogP contribution in [-0.4, -0.2) is 22.3 Å². The molecule has 0 atom stereocenters. The number of benzene rings is 1. The van der Waals surface area contributed by atoms with Crippen molar-refractivity contribution < 1.29 is 15.0 Å². The Morgan fingerprint density at radius 1 is 1.40 bits per heavy atom. The Labute approximate surface area is 117 Å². The lowest BCUT2D eigenvalue weighted by atomic mass is 10.2. The summed E-state index contributed by atoms with van der Waals surface area (Å²) in [5.74, 6) is -0.696. The molecular weight excluding hydrogens is 256 g/mol. The molecule has 1 aromatic rings. The van der Waals surface area contributed by atoms with Gasteiger partial charge in [-0.15, -0.1) is 0 Å². The summed E-state index contributed by atoms with van der Waals surface area (Å²) in [7, 11) is 0. The van der Waals surface area contributed by atoms with E-state index in [0.717, 1.165) is 0 Å². The summed E-state index contributed by atoms with van der Waals surface area (Å²) in [5.41, 5.74) is 2.82. The van der Waals surface area contributed by atoms with Crippen molar-refractivity contribution in [2.75, 3.05) is 0 Å². The minimum absolute atomic E-state index is 0.0613. The first-order valence-electron chi connectivity index (χ1n) is 5.90. The highest BCUT2D eigenvalue weighted by Gasteiger charge is 2.11. The van der Waals surface area contributed by atoms with Gasteiger partial charge in [-0.3, -0.25) is 4.79 Å². The van der Waals surface area contributed by atoms with Gasteiger partial charge in [-0.2, -0.15) is 5.10 Å². The van der Waals surface area contributed by atoms with Crippen molar-refractivity contribution in [3.8, 4) is 5.75 Å². The predicted molar refractivity (Wildman–Crippen MR) is 78.5 cm³/mol. The van der Waals surface area contributed by atoms with Gasteiger partial charge in [-0.1, -0.05) is 30.9 Å². The fourth-order valence-electron chi connectivity index (χ4n) is 1.41. The van der Waals surface area contributed by atoms with Gasteiger partial charge in [0.25, 0.3) is 5.91 Å². The van der Waals surface area contributed by atoms with Crippen molar-refractivity contribution in [2.45, 2.75) is 6.92 Å². The van der Waals surface area contributed by atoms with E-state index < -0.39 is 5.91 Å². The van der Waals surface area contributed by atoms with E-state index in [-0.39, 0.29) is 17.1 Å². The molecular formula is C15H16N2O3. The van der Waals surface area contributed by atoms with E-state index >= 15 is 0 Å². The topological polar surface area (TPSA) is 81.9 Å². The molecule has 5 nitrogen and oxygen atoms in total. The molecule has 0 aliphatic heterocycles. The van der Waals surface area contributed by atoms with Gasteiger partial charge in [-0.25, -0.2) is 5.43 Å². The zero-order valence-corrected chi connectivity index (χ0v) is 11.1. The number of nitrogens with zero attached hydrogens (tertiary/aromatic N) is 1. The van der Waals surface area contributed by atoms with E-state index in [0.29, 0.717) is 5.56 Å². The summed E-state index contributed by atoms with van der Waals surface area (Å²) in [6.07, 6.45) is 5.45. The van der Waals surface area contributed by atoms with E-state index in [2.05, 4.69) is 17.1 Å². The smallest absolute Gasteiger partial charge is 0.274 e. The number of allylic oxidation sites excluding steroid dienone is 3. The standard InChI is InChI=1S/C15H16N2O3/c1-3-7-14(19)12(4-2)15(20)17-16-10-11-8-5-6-9-13(11)18/h3-10,18-19H,1H2,2H3,(H,17,20)/b12-4+,14-7+,16-10+. The molecule has 1 rings (SSSR count). The molecule has 0 unspecified atom stereocenters. The SMILES string of the molecule is C=C/C=C(O)\C(=C/C)C(=O)N/N=C/c1ccccc1O. The fraction of sp³-hybridized carbons (Fsp3) is 0.0667. The van der Waals surface area contributed by atoms with Gasteiger partial charge in [0.2, 0.25) is 0 Å². The zero-order valence-electron chi connectivity index (χ0n) is 11.1. The van der Waals surface area contributed by atoms with Crippen LogP contribution in [0.5, 0.6) is 5.75 Å². The lowest BCUT2D eigenvalue weighted by molar-refractivity contribution is -0.117. The molecule has 104 valence electrons. The number of nitrogens with one attached hydrogen (secondary N) is 1. The van der Waals surface area contributed by atoms with Crippen molar-refractivity contribution in [1.82, 2.24) is 5.43 Å². The molecule has 0 spiro atoms. The van der Waals surface area contributed by atoms with Crippen LogP contribution in [0.4, 0.5) is 0 Å². The Balaban J connectivity index is 2.75. The summed E-state index contributed by atoms with van der Waals surface area (Å²) >= 11 is 0. The molecule has 0 saturated heterocycles. The molecule has 1 amide bonds. The monoisotopic (exact) mass is 272 g/mol. The van der Waals surface area contributed by atoms with E-state index in [1.54, 1.807) is 25.1 Å². The number of aliphatic hydroxyl groups is 1. The molecule has 3 N–H and O–H groups in total. The number of amides is 1. The van der Waals surface area contributed by atoms with Crippen molar-refractivity contribution in [3.63, 3.8) is 0 Å². The molecule has 0 saturated carbocycles. The van der Waals surface area contributed by atoms with Gasteiger partial charge in [0.15, 0.2) is 0 Å². The van der Waals surface area contributed by atoms with Crippen LogP contribution in [0.2, 0.25) is 0 Å². The molecule has 1 aromatic carbocycles. The molecule has 20 heavy (non-hydrogen) atoms. The average Bonchev–Trinajstić information content (AvgIpc) is 2.42. The molecule has 0 radical (unpaired) electrons. The number of hydrogen-bond donors (Lipinski definition) is 3. The Kier molecular flexibility index (Phi) is 5.77. The van der Waals surface area contributed by atoms with E-state index in [4.69, 9.17) is 0 Å². The highest BCUT2D eigenvalue weighted by atomic mass is 16.3. The van der Waals surface area contributed by atoms with Crippen LogP contribution in [-0.2, 0) is 4.79 Å². The number of hydrogen-bond acceptors (Lipinski definition) is 4. The van der Waals surface area contributed by atoms with Gasteiger partial charge in [0.05, 0.1) is 11.8 Å². The summed E-state index contributed by atoms with van der Waals surface area (Å²) in [6.45, 7) is 5.06. The van der Waals surface area contributed by atoms with Crippen molar-refractivity contribution in [3.05, 3.63) is 66.0 Å². The molecule has 0 aliphatic carbocycles. The lowest BCUT2D eigenvalue weighted by Crippen LogP contribution is -2.20. The van der Waals surface area contributed by atoms with Gasteiger partial charge in [-0.05, 0) is 25.1 Å². The van der Waals surface area contributed by atoms with Crippen molar-refractivity contribution in [1.29, 1.82) is 0 Å². The Morgan fingerprint density at radius 3 is 2.70 bits per heavy atom. The van der Waals surface area contributed by atoms with Crippen LogP contribution in [0.1, 0.15) is 12.5 Å². The van der Waals surface area contributed by atoms with Crippen molar-refractivity contribution >= 4 is 12.1 Å². The zero-order chi connectivity index (χ0) is 15.0. The maximum absolute atomic E-state index is 11.8. The molecule has 0 aliphatic rings. The van der Waals surface area contributed by atoms with Gasteiger partial charge < -0.3 is 10.2 Å². The number of carbonyl (C=O) groups excluding carboxylic acids is 1. The first-order valence-corrected chi connectivity index (χ1v) is 5.90. The van der Waals surface area contributed by atoms with Gasteiger partial charge in [0, 0.05) is 5.56 Å². The van der Waals surface area contributed by atoms with E-state index in [9.17, 15) is 15.0 Å². The summed E-state index contributed by atoms with van der Waals surface area (Å²) in [6, 6.07) is 6.58. The first-order chi connectivity index (χ1) is 9.60. The molecule has 0 bridgehead atoms. The minimum Gasteiger partial charge on any atom is -0.507 e. The second kappa shape index (κ2) is 7.58. The third kappa shape index (κ3) is 4.13. The van der Waals surface area contributed by atoms with Crippen LogP contribution in [0.15, 0.2) is 65.5 Å². The predicted octanol–water partition coefficient (Wildman–Crippen LogP) is 2.42. The fourth-order valence-corrected chi connectivity index (χ4v) is 1.41.